The highest BCUT2D eigenvalue weighted by Crippen LogP contribution is 2.31. The Hall–Kier alpha value is -2.40. The first-order valence-corrected chi connectivity index (χ1v) is 8.52. The topological polar surface area (TPSA) is 45.2 Å². The number of amides is 1. The molecule has 2 heterocycles. The number of para-hydroxylation sites is 2. The highest BCUT2D eigenvalue weighted by molar-refractivity contribution is 7.22. The van der Waals surface area contributed by atoms with Gasteiger partial charge in [0, 0.05) is 11.7 Å². The van der Waals surface area contributed by atoms with Crippen molar-refractivity contribution in [2.75, 3.05) is 16.8 Å². The smallest absolute Gasteiger partial charge is 0.245 e. The number of carbonyl (C=O) groups is 1. The van der Waals surface area contributed by atoms with Crippen molar-refractivity contribution in [1.29, 1.82) is 0 Å². The summed E-state index contributed by atoms with van der Waals surface area (Å²) in [6.07, 6.45) is 0.991. The average molecular weight is 323 g/mol. The first-order chi connectivity index (χ1) is 11.2. The molecule has 4 nitrogen and oxygen atoms in total. The molecular formula is C18H17N3OS. The molecule has 116 valence electrons. The predicted molar refractivity (Wildman–Crippen MR) is 95.2 cm³/mol. The molecule has 4 rings (SSSR count). The van der Waals surface area contributed by atoms with Gasteiger partial charge >= 0.3 is 0 Å². The number of aromatic nitrogens is 1. The van der Waals surface area contributed by atoms with Crippen LogP contribution in [0.2, 0.25) is 0 Å². The van der Waals surface area contributed by atoms with E-state index in [0.29, 0.717) is 17.7 Å². The van der Waals surface area contributed by atoms with E-state index in [-0.39, 0.29) is 5.91 Å². The second-order valence-corrected chi connectivity index (χ2v) is 6.88. The molecule has 0 bridgehead atoms. The molecule has 0 fully saturated rings. The van der Waals surface area contributed by atoms with Gasteiger partial charge in [-0.3, -0.25) is 4.79 Å². The Morgan fingerprint density at radius 3 is 2.91 bits per heavy atom. The third kappa shape index (κ3) is 2.68. The molecule has 3 aromatic rings. The Labute approximate surface area is 138 Å². The molecule has 1 amide bonds. The van der Waals surface area contributed by atoms with Crippen molar-refractivity contribution in [2.24, 2.45) is 0 Å². The van der Waals surface area contributed by atoms with Crippen molar-refractivity contribution >= 4 is 38.3 Å². The minimum atomic E-state index is -0.0207. The Morgan fingerprint density at radius 2 is 2.04 bits per heavy atom. The molecule has 1 atom stereocenters. The molecule has 5 heteroatoms. The number of hydrogen-bond acceptors (Lipinski definition) is 4. The summed E-state index contributed by atoms with van der Waals surface area (Å²) in [6.45, 7) is 2.51. The molecular weight excluding hydrogens is 306 g/mol. The Morgan fingerprint density at radius 1 is 1.26 bits per heavy atom. The SMILES string of the molecule is CC1Cc2ccccc2N1CC(=O)Nc1nc2ccccc2s1. The van der Waals surface area contributed by atoms with E-state index in [0.717, 1.165) is 16.6 Å². The fourth-order valence-corrected chi connectivity index (χ4v) is 3.99. The van der Waals surface area contributed by atoms with Gasteiger partial charge in [-0.2, -0.15) is 0 Å². The van der Waals surface area contributed by atoms with E-state index < -0.39 is 0 Å². The van der Waals surface area contributed by atoms with Crippen molar-refractivity contribution in [3.63, 3.8) is 0 Å². The fraction of sp³-hybridized carbons (Fsp3) is 0.222. The molecule has 1 aliphatic rings. The van der Waals surface area contributed by atoms with Gasteiger partial charge in [0.15, 0.2) is 5.13 Å². The third-order valence-electron chi connectivity index (χ3n) is 4.20. The van der Waals surface area contributed by atoms with Crippen LogP contribution in [0.15, 0.2) is 48.5 Å². The van der Waals surface area contributed by atoms with Crippen LogP contribution in [0.5, 0.6) is 0 Å². The monoisotopic (exact) mass is 323 g/mol. The van der Waals surface area contributed by atoms with Gasteiger partial charge in [-0.15, -0.1) is 0 Å². The maximum Gasteiger partial charge on any atom is 0.245 e. The molecule has 1 N–H and O–H groups in total. The lowest BCUT2D eigenvalue weighted by Crippen LogP contribution is -2.37. The van der Waals surface area contributed by atoms with Gasteiger partial charge < -0.3 is 10.2 Å². The zero-order valence-corrected chi connectivity index (χ0v) is 13.6. The lowest BCUT2D eigenvalue weighted by Gasteiger charge is -2.23. The minimum absolute atomic E-state index is 0.0207. The van der Waals surface area contributed by atoms with Crippen LogP contribution in [0.4, 0.5) is 10.8 Å². The molecule has 23 heavy (non-hydrogen) atoms. The van der Waals surface area contributed by atoms with Crippen molar-refractivity contribution in [3.05, 3.63) is 54.1 Å². The van der Waals surface area contributed by atoms with Crippen LogP contribution >= 0.6 is 11.3 Å². The standard InChI is InChI=1S/C18H17N3OS/c1-12-10-13-6-2-4-8-15(13)21(12)11-17(22)20-18-19-14-7-3-5-9-16(14)23-18/h2-9,12H,10-11H2,1H3,(H,19,20,22). The molecule has 0 spiro atoms. The van der Waals surface area contributed by atoms with Crippen LogP contribution in [-0.2, 0) is 11.2 Å². The van der Waals surface area contributed by atoms with E-state index in [9.17, 15) is 4.79 Å². The number of nitrogens with zero attached hydrogens (tertiary/aromatic N) is 2. The van der Waals surface area contributed by atoms with E-state index in [1.54, 1.807) is 0 Å². The summed E-state index contributed by atoms with van der Waals surface area (Å²) in [4.78, 5) is 19.0. The number of fused-ring (bicyclic) bond motifs is 2. The first kappa shape index (κ1) is 14.2. The van der Waals surface area contributed by atoms with Gasteiger partial charge in [0.2, 0.25) is 5.91 Å². The Balaban J connectivity index is 1.50. The molecule has 0 aliphatic carbocycles. The summed E-state index contributed by atoms with van der Waals surface area (Å²) >= 11 is 1.51. The van der Waals surface area contributed by atoms with E-state index in [4.69, 9.17) is 0 Å². The first-order valence-electron chi connectivity index (χ1n) is 7.71. The number of hydrogen-bond donors (Lipinski definition) is 1. The summed E-state index contributed by atoms with van der Waals surface area (Å²) in [5.74, 6) is -0.0207. The molecule has 0 saturated carbocycles. The number of carbonyl (C=O) groups excluding carboxylic acids is 1. The lowest BCUT2D eigenvalue weighted by atomic mass is 10.1. The second kappa shape index (κ2) is 5.66. The number of anilines is 2. The summed E-state index contributed by atoms with van der Waals surface area (Å²) in [5, 5.41) is 3.60. The zero-order valence-electron chi connectivity index (χ0n) is 12.8. The highest BCUT2D eigenvalue weighted by atomic mass is 32.1. The summed E-state index contributed by atoms with van der Waals surface area (Å²) in [6, 6.07) is 16.5. The lowest BCUT2D eigenvalue weighted by molar-refractivity contribution is -0.115. The maximum atomic E-state index is 12.4. The second-order valence-electron chi connectivity index (χ2n) is 5.84. The zero-order chi connectivity index (χ0) is 15.8. The number of thiazole rings is 1. The van der Waals surface area contributed by atoms with Crippen molar-refractivity contribution in [2.45, 2.75) is 19.4 Å². The molecule has 2 aromatic carbocycles. The number of benzene rings is 2. The van der Waals surface area contributed by atoms with E-state index >= 15 is 0 Å². The molecule has 1 aromatic heterocycles. The van der Waals surface area contributed by atoms with Gasteiger partial charge in [0.1, 0.15) is 0 Å². The van der Waals surface area contributed by atoms with Gasteiger partial charge in [0.05, 0.1) is 16.8 Å². The summed E-state index contributed by atoms with van der Waals surface area (Å²) in [5.41, 5.74) is 3.40. The quantitative estimate of drug-likeness (QED) is 0.799. The third-order valence-corrected chi connectivity index (χ3v) is 5.15. The van der Waals surface area contributed by atoms with Crippen LogP contribution in [0.25, 0.3) is 10.2 Å². The summed E-state index contributed by atoms with van der Waals surface area (Å²) in [7, 11) is 0. The Bertz CT molecular complexity index is 840. The molecule has 0 saturated heterocycles. The van der Waals surface area contributed by atoms with Crippen LogP contribution < -0.4 is 10.2 Å². The van der Waals surface area contributed by atoms with Gasteiger partial charge in [0.25, 0.3) is 0 Å². The molecule has 0 radical (unpaired) electrons. The van der Waals surface area contributed by atoms with Crippen molar-refractivity contribution in [3.8, 4) is 0 Å². The minimum Gasteiger partial charge on any atom is -0.359 e. The number of rotatable bonds is 3. The van der Waals surface area contributed by atoms with Crippen LogP contribution in [0.1, 0.15) is 12.5 Å². The van der Waals surface area contributed by atoms with Crippen LogP contribution in [0, 0.1) is 0 Å². The van der Waals surface area contributed by atoms with E-state index in [1.807, 2.05) is 30.3 Å². The van der Waals surface area contributed by atoms with Gasteiger partial charge in [-0.05, 0) is 37.1 Å². The molecule has 1 unspecified atom stereocenters. The number of nitrogens with one attached hydrogen (secondary N) is 1. The summed E-state index contributed by atoms with van der Waals surface area (Å²) < 4.78 is 1.09. The van der Waals surface area contributed by atoms with E-state index in [1.165, 1.54) is 22.6 Å². The average Bonchev–Trinajstić information content (AvgIpc) is 3.08. The predicted octanol–water partition coefficient (Wildman–Crippen LogP) is 3.69. The maximum absolute atomic E-state index is 12.4. The highest BCUT2D eigenvalue weighted by Gasteiger charge is 2.27. The normalized spacial score (nSPS) is 16.6. The van der Waals surface area contributed by atoms with Gasteiger partial charge in [-0.25, -0.2) is 4.98 Å². The Kier molecular flexibility index (Phi) is 3.50. The largest absolute Gasteiger partial charge is 0.359 e. The van der Waals surface area contributed by atoms with Gasteiger partial charge in [-0.1, -0.05) is 41.7 Å². The van der Waals surface area contributed by atoms with Crippen molar-refractivity contribution < 1.29 is 4.79 Å². The van der Waals surface area contributed by atoms with Crippen LogP contribution in [0.3, 0.4) is 0 Å². The van der Waals surface area contributed by atoms with Crippen LogP contribution in [-0.4, -0.2) is 23.5 Å². The van der Waals surface area contributed by atoms with E-state index in [2.05, 4.69) is 40.3 Å². The fourth-order valence-electron chi connectivity index (χ4n) is 3.11. The van der Waals surface area contributed by atoms with Crippen molar-refractivity contribution in [1.82, 2.24) is 4.98 Å². The molecule has 1 aliphatic heterocycles.